The van der Waals surface area contributed by atoms with Crippen LogP contribution in [0.3, 0.4) is 0 Å². The van der Waals surface area contributed by atoms with Gasteiger partial charge < -0.3 is 4.90 Å². The molecule has 2 aromatic rings. The minimum Gasteiger partial charge on any atom is -0.355 e. The molecular formula is C13H16FN3. The molecule has 1 aromatic heterocycles. The Balaban J connectivity index is 2.11. The van der Waals surface area contributed by atoms with Gasteiger partial charge in [-0.15, -0.1) is 0 Å². The van der Waals surface area contributed by atoms with Gasteiger partial charge >= 0.3 is 0 Å². The first kappa shape index (κ1) is 10.6. The van der Waals surface area contributed by atoms with Crippen LogP contribution in [0.1, 0.15) is 19.3 Å². The molecule has 17 heavy (non-hydrogen) atoms. The Morgan fingerprint density at radius 3 is 2.71 bits per heavy atom. The van der Waals surface area contributed by atoms with E-state index in [-0.39, 0.29) is 5.82 Å². The quantitative estimate of drug-likeness (QED) is 0.755. The van der Waals surface area contributed by atoms with Crippen molar-refractivity contribution >= 4 is 16.7 Å². The Labute approximate surface area is 99.8 Å². The van der Waals surface area contributed by atoms with Crippen LogP contribution in [0.2, 0.25) is 0 Å². The molecule has 0 spiro atoms. The van der Waals surface area contributed by atoms with E-state index < -0.39 is 0 Å². The van der Waals surface area contributed by atoms with Crippen molar-refractivity contribution in [2.75, 3.05) is 18.0 Å². The van der Waals surface area contributed by atoms with Crippen molar-refractivity contribution in [1.29, 1.82) is 0 Å². The minimum atomic E-state index is -0.191. The lowest BCUT2D eigenvalue weighted by Gasteiger charge is -2.26. The number of aromatic nitrogens is 2. The SMILES string of the molecule is Cn1nc(N2CCCCC2)c2cc(F)ccc21. The number of rotatable bonds is 1. The van der Waals surface area contributed by atoms with Gasteiger partial charge in [0.05, 0.1) is 5.52 Å². The molecule has 0 saturated carbocycles. The van der Waals surface area contributed by atoms with Crippen LogP contribution in [0.5, 0.6) is 0 Å². The minimum absolute atomic E-state index is 0.191. The largest absolute Gasteiger partial charge is 0.355 e. The highest BCUT2D eigenvalue weighted by molar-refractivity contribution is 5.90. The highest BCUT2D eigenvalue weighted by atomic mass is 19.1. The van der Waals surface area contributed by atoms with Gasteiger partial charge in [0.2, 0.25) is 0 Å². The summed E-state index contributed by atoms with van der Waals surface area (Å²) in [5.74, 6) is 0.741. The number of fused-ring (bicyclic) bond motifs is 1. The summed E-state index contributed by atoms with van der Waals surface area (Å²) in [6, 6.07) is 4.88. The number of aryl methyl sites for hydroxylation is 1. The number of anilines is 1. The molecule has 3 rings (SSSR count). The van der Waals surface area contributed by atoms with Gasteiger partial charge in [-0.1, -0.05) is 0 Å². The molecule has 1 saturated heterocycles. The Morgan fingerprint density at radius 2 is 1.94 bits per heavy atom. The normalized spacial score (nSPS) is 16.7. The van der Waals surface area contributed by atoms with Crippen LogP contribution >= 0.6 is 0 Å². The fourth-order valence-electron chi connectivity index (χ4n) is 2.56. The zero-order valence-electron chi connectivity index (χ0n) is 9.99. The van der Waals surface area contributed by atoms with Crippen molar-refractivity contribution in [3.8, 4) is 0 Å². The van der Waals surface area contributed by atoms with Crippen molar-refractivity contribution in [3.05, 3.63) is 24.0 Å². The standard InChI is InChI=1S/C13H16FN3/c1-16-12-6-5-10(14)9-11(12)13(15-16)17-7-3-2-4-8-17/h5-6,9H,2-4,7-8H2,1H3. The zero-order chi connectivity index (χ0) is 11.8. The number of nitrogens with zero attached hydrogens (tertiary/aromatic N) is 3. The van der Waals surface area contributed by atoms with E-state index in [1.54, 1.807) is 12.1 Å². The summed E-state index contributed by atoms with van der Waals surface area (Å²) in [6.07, 6.45) is 3.69. The van der Waals surface area contributed by atoms with E-state index in [1.807, 2.05) is 11.7 Å². The van der Waals surface area contributed by atoms with Crippen LogP contribution in [0.25, 0.3) is 10.9 Å². The maximum Gasteiger partial charge on any atom is 0.158 e. The van der Waals surface area contributed by atoms with Crippen molar-refractivity contribution in [1.82, 2.24) is 9.78 Å². The summed E-state index contributed by atoms with van der Waals surface area (Å²) >= 11 is 0. The van der Waals surface area contributed by atoms with E-state index in [1.165, 1.54) is 25.3 Å². The average Bonchev–Trinajstić information content (AvgIpc) is 2.67. The summed E-state index contributed by atoms with van der Waals surface area (Å²) in [5, 5.41) is 5.46. The highest BCUT2D eigenvalue weighted by Crippen LogP contribution is 2.28. The Morgan fingerprint density at radius 1 is 1.18 bits per heavy atom. The van der Waals surface area contributed by atoms with E-state index >= 15 is 0 Å². The van der Waals surface area contributed by atoms with Crippen molar-refractivity contribution in [2.45, 2.75) is 19.3 Å². The van der Waals surface area contributed by atoms with Crippen molar-refractivity contribution < 1.29 is 4.39 Å². The molecule has 1 fully saturated rings. The number of hydrogen-bond donors (Lipinski definition) is 0. The van der Waals surface area contributed by atoms with Gasteiger partial charge in [0.1, 0.15) is 5.82 Å². The van der Waals surface area contributed by atoms with Crippen LogP contribution in [-0.4, -0.2) is 22.9 Å². The van der Waals surface area contributed by atoms with Crippen molar-refractivity contribution in [2.24, 2.45) is 7.05 Å². The number of piperidine rings is 1. The van der Waals surface area contributed by atoms with E-state index in [2.05, 4.69) is 10.00 Å². The van der Waals surface area contributed by atoms with Crippen LogP contribution in [0, 0.1) is 5.82 Å². The summed E-state index contributed by atoms with van der Waals surface area (Å²) in [5.41, 5.74) is 0.993. The summed E-state index contributed by atoms with van der Waals surface area (Å²) in [4.78, 5) is 2.27. The van der Waals surface area contributed by atoms with Gasteiger partial charge in [0.25, 0.3) is 0 Å². The van der Waals surface area contributed by atoms with Gasteiger partial charge in [0.15, 0.2) is 5.82 Å². The van der Waals surface area contributed by atoms with Crippen LogP contribution in [-0.2, 0) is 7.05 Å². The average molecular weight is 233 g/mol. The van der Waals surface area contributed by atoms with Crippen LogP contribution in [0.4, 0.5) is 10.2 Å². The molecule has 3 nitrogen and oxygen atoms in total. The lowest BCUT2D eigenvalue weighted by Crippen LogP contribution is -2.29. The molecule has 0 bridgehead atoms. The first-order valence-corrected chi connectivity index (χ1v) is 6.13. The van der Waals surface area contributed by atoms with Crippen LogP contribution < -0.4 is 4.90 Å². The first-order valence-electron chi connectivity index (χ1n) is 6.13. The van der Waals surface area contributed by atoms with E-state index in [0.29, 0.717) is 0 Å². The molecule has 0 amide bonds. The zero-order valence-corrected chi connectivity index (χ0v) is 9.99. The fraction of sp³-hybridized carbons (Fsp3) is 0.462. The van der Waals surface area contributed by atoms with E-state index in [4.69, 9.17) is 0 Å². The Hall–Kier alpha value is -1.58. The number of benzene rings is 1. The molecule has 0 aliphatic carbocycles. The summed E-state index contributed by atoms with van der Waals surface area (Å²) < 4.78 is 15.2. The van der Waals surface area contributed by atoms with E-state index in [0.717, 1.165) is 29.8 Å². The molecule has 0 N–H and O–H groups in total. The molecule has 1 aliphatic heterocycles. The third-order valence-electron chi connectivity index (χ3n) is 3.45. The number of halogens is 1. The molecular weight excluding hydrogens is 217 g/mol. The Kier molecular flexibility index (Phi) is 2.50. The van der Waals surface area contributed by atoms with Gasteiger partial charge in [0, 0.05) is 25.5 Å². The molecule has 0 radical (unpaired) electrons. The molecule has 90 valence electrons. The highest BCUT2D eigenvalue weighted by Gasteiger charge is 2.17. The molecule has 1 aliphatic rings. The summed E-state index contributed by atoms with van der Waals surface area (Å²) in [6.45, 7) is 2.06. The molecule has 0 atom stereocenters. The van der Waals surface area contributed by atoms with Crippen molar-refractivity contribution in [3.63, 3.8) is 0 Å². The predicted octanol–water partition coefficient (Wildman–Crippen LogP) is 2.70. The third-order valence-corrected chi connectivity index (χ3v) is 3.45. The lowest BCUT2D eigenvalue weighted by molar-refractivity contribution is 0.571. The molecule has 1 aromatic carbocycles. The second kappa shape index (κ2) is 4.02. The smallest absolute Gasteiger partial charge is 0.158 e. The second-order valence-corrected chi connectivity index (χ2v) is 4.66. The number of hydrogen-bond acceptors (Lipinski definition) is 2. The maximum atomic E-state index is 13.3. The molecule has 4 heteroatoms. The van der Waals surface area contributed by atoms with Gasteiger partial charge in [-0.05, 0) is 37.5 Å². The van der Waals surface area contributed by atoms with Gasteiger partial charge in [-0.25, -0.2) is 4.39 Å². The monoisotopic (exact) mass is 233 g/mol. The second-order valence-electron chi connectivity index (χ2n) is 4.66. The van der Waals surface area contributed by atoms with Gasteiger partial charge in [-0.3, -0.25) is 4.68 Å². The van der Waals surface area contributed by atoms with Gasteiger partial charge in [-0.2, -0.15) is 5.10 Å². The lowest BCUT2D eigenvalue weighted by atomic mass is 10.1. The predicted molar refractivity (Wildman–Crippen MR) is 66.7 cm³/mol. The maximum absolute atomic E-state index is 13.3. The molecule has 2 heterocycles. The topological polar surface area (TPSA) is 21.1 Å². The fourth-order valence-corrected chi connectivity index (χ4v) is 2.56. The summed E-state index contributed by atoms with van der Waals surface area (Å²) in [7, 11) is 1.91. The first-order chi connectivity index (χ1) is 8.25. The third kappa shape index (κ3) is 1.77. The molecule has 0 unspecified atom stereocenters. The Bertz CT molecular complexity index is 541. The van der Waals surface area contributed by atoms with E-state index in [9.17, 15) is 4.39 Å². The van der Waals surface area contributed by atoms with Crippen LogP contribution in [0.15, 0.2) is 18.2 Å².